The maximum Gasteiger partial charge on any atom is 0.134 e. The topological polar surface area (TPSA) is 36.9 Å². The van der Waals surface area contributed by atoms with Gasteiger partial charge in [0.15, 0.2) is 0 Å². The lowest BCUT2D eigenvalue weighted by Crippen LogP contribution is -1.79. The molecule has 0 spiro atoms. The van der Waals surface area contributed by atoms with Crippen LogP contribution in [-0.4, -0.2) is 0 Å². The normalized spacial score (nSPS) is 11.2. The molecule has 0 aliphatic heterocycles. The van der Waals surface area contributed by atoms with Crippen molar-refractivity contribution in [2.45, 2.75) is 0 Å². The quantitative estimate of drug-likeness (QED) is 0.585. The fourth-order valence-electron chi connectivity index (χ4n) is 2.14. The number of benzene rings is 2. The first-order chi connectivity index (χ1) is 10.8. The van der Waals surface area contributed by atoms with Crippen molar-refractivity contribution in [2.24, 2.45) is 0 Å². The van der Waals surface area contributed by atoms with Gasteiger partial charge in [-0.2, -0.15) is 5.26 Å². The first-order valence-electron chi connectivity index (χ1n) is 6.79. The van der Waals surface area contributed by atoms with Gasteiger partial charge < -0.3 is 4.42 Å². The molecule has 3 heteroatoms. The van der Waals surface area contributed by atoms with Crippen LogP contribution in [0.1, 0.15) is 11.3 Å². The van der Waals surface area contributed by atoms with Crippen LogP contribution in [0.4, 0.5) is 0 Å². The monoisotopic (exact) mass is 305 g/mol. The molecule has 3 rings (SSSR count). The second-order valence-electron chi connectivity index (χ2n) is 4.74. The van der Waals surface area contributed by atoms with Crippen LogP contribution in [0.15, 0.2) is 71.1 Å². The van der Waals surface area contributed by atoms with Gasteiger partial charge in [-0.25, -0.2) is 0 Å². The predicted molar refractivity (Wildman–Crippen MR) is 89.1 cm³/mol. The summed E-state index contributed by atoms with van der Waals surface area (Å²) in [6.07, 6.45) is 1.74. The Balaban J connectivity index is 1.92. The van der Waals surface area contributed by atoms with E-state index in [4.69, 9.17) is 16.0 Å². The number of allylic oxidation sites excluding steroid dienone is 1. The highest BCUT2D eigenvalue weighted by Crippen LogP contribution is 2.26. The van der Waals surface area contributed by atoms with Crippen LogP contribution in [0.3, 0.4) is 0 Å². The van der Waals surface area contributed by atoms with E-state index in [1.165, 1.54) is 0 Å². The Morgan fingerprint density at radius 3 is 2.36 bits per heavy atom. The van der Waals surface area contributed by atoms with E-state index in [0.29, 0.717) is 16.4 Å². The lowest BCUT2D eigenvalue weighted by molar-refractivity contribution is 0.572. The molecule has 1 heterocycles. The molecule has 0 aliphatic rings. The minimum Gasteiger partial charge on any atom is -0.457 e. The summed E-state index contributed by atoms with van der Waals surface area (Å²) in [6, 6.07) is 22.9. The summed E-state index contributed by atoms with van der Waals surface area (Å²) in [4.78, 5) is 0. The van der Waals surface area contributed by atoms with Crippen LogP contribution in [0.25, 0.3) is 23.0 Å². The molecule has 0 N–H and O–H groups in total. The fourth-order valence-corrected chi connectivity index (χ4v) is 2.27. The summed E-state index contributed by atoms with van der Waals surface area (Å²) < 4.78 is 5.79. The van der Waals surface area contributed by atoms with Crippen molar-refractivity contribution in [3.8, 4) is 17.4 Å². The van der Waals surface area contributed by atoms with Gasteiger partial charge >= 0.3 is 0 Å². The van der Waals surface area contributed by atoms with Gasteiger partial charge in [-0.05, 0) is 48.0 Å². The van der Waals surface area contributed by atoms with Crippen molar-refractivity contribution in [3.05, 3.63) is 83.1 Å². The van der Waals surface area contributed by atoms with E-state index in [-0.39, 0.29) is 0 Å². The summed E-state index contributed by atoms with van der Waals surface area (Å²) in [5.74, 6) is 1.39. The lowest BCUT2D eigenvalue weighted by Gasteiger charge is -1.98. The third-order valence-corrected chi connectivity index (χ3v) is 3.50. The molecular weight excluding hydrogens is 294 g/mol. The van der Waals surface area contributed by atoms with Crippen LogP contribution in [0.5, 0.6) is 0 Å². The molecule has 1 aromatic heterocycles. The van der Waals surface area contributed by atoms with Crippen molar-refractivity contribution in [2.75, 3.05) is 0 Å². The third-order valence-electron chi connectivity index (χ3n) is 3.25. The lowest BCUT2D eigenvalue weighted by atomic mass is 10.1. The van der Waals surface area contributed by atoms with Crippen LogP contribution >= 0.6 is 11.6 Å². The van der Waals surface area contributed by atoms with Crippen molar-refractivity contribution >= 4 is 23.3 Å². The molecule has 0 atom stereocenters. The number of halogens is 1. The minimum atomic E-state index is 0.567. The largest absolute Gasteiger partial charge is 0.457 e. The standard InChI is InChI=1S/C19H12ClNO/c20-17-8-6-15(7-9-17)19-11-10-18(22-19)12-16(13-21)14-4-2-1-3-5-14/h1-12H/b16-12-. The zero-order valence-corrected chi connectivity index (χ0v) is 12.4. The summed E-state index contributed by atoms with van der Waals surface area (Å²) >= 11 is 5.88. The van der Waals surface area contributed by atoms with Gasteiger partial charge in [0.05, 0.1) is 11.6 Å². The maximum absolute atomic E-state index is 9.32. The van der Waals surface area contributed by atoms with Crippen molar-refractivity contribution in [1.82, 2.24) is 0 Å². The molecule has 2 nitrogen and oxygen atoms in total. The van der Waals surface area contributed by atoms with Gasteiger partial charge in [0.2, 0.25) is 0 Å². The average Bonchev–Trinajstić information content (AvgIpc) is 3.03. The zero-order chi connectivity index (χ0) is 15.4. The van der Waals surface area contributed by atoms with E-state index < -0.39 is 0 Å². The van der Waals surface area contributed by atoms with Crippen LogP contribution in [0, 0.1) is 11.3 Å². The second-order valence-corrected chi connectivity index (χ2v) is 5.18. The SMILES string of the molecule is N#C/C(=C/c1ccc(-c2ccc(Cl)cc2)o1)c1ccccc1. The maximum atomic E-state index is 9.32. The third kappa shape index (κ3) is 3.11. The van der Waals surface area contributed by atoms with Crippen LogP contribution < -0.4 is 0 Å². The number of rotatable bonds is 3. The fraction of sp³-hybridized carbons (Fsp3) is 0. The van der Waals surface area contributed by atoms with E-state index in [1.807, 2.05) is 66.7 Å². The number of hydrogen-bond donors (Lipinski definition) is 0. The Bertz CT molecular complexity index is 839. The summed E-state index contributed by atoms with van der Waals surface area (Å²) in [5, 5.41) is 10.0. The van der Waals surface area contributed by atoms with Gasteiger partial charge in [-0.1, -0.05) is 41.9 Å². The smallest absolute Gasteiger partial charge is 0.134 e. The van der Waals surface area contributed by atoms with E-state index in [0.717, 1.165) is 16.9 Å². The number of nitriles is 1. The van der Waals surface area contributed by atoms with Crippen molar-refractivity contribution in [3.63, 3.8) is 0 Å². The van der Waals surface area contributed by atoms with E-state index >= 15 is 0 Å². The molecule has 0 bridgehead atoms. The molecule has 0 aliphatic carbocycles. The highest BCUT2D eigenvalue weighted by Gasteiger charge is 2.06. The molecule has 2 aromatic carbocycles. The first kappa shape index (κ1) is 14.2. The predicted octanol–water partition coefficient (Wildman–Crippen LogP) is 5.66. The molecule has 22 heavy (non-hydrogen) atoms. The van der Waals surface area contributed by atoms with Crippen LogP contribution in [0.2, 0.25) is 5.02 Å². The molecule has 0 radical (unpaired) electrons. The van der Waals surface area contributed by atoms with Gasteiger partial charge in [0, 0.05) is 10.6 Å². The Hall–Kier alpha value is -2.76. The number of furan rings is 1. The van der Waals surface area contributed by atoms with Gasteiger partial charge in [-0.3, -0.25) is 0 Å². The van der Waals surface area contributed by atoms with Gasteiger partial charge in [0.1, 0.15) is 11.5 Å². The first-order valence-corrected chi connectivity index (χ1v) is 7.17. The number of nitrogens with zero attached hydrogens (tertiary/aromatic N) is 1. The Morgan fingerprint density at radius 1 is 0.955 bits per heavy atom. The summed E-state index contributed by atoms with van der Waals surface area (Å²) in [6.45, 7) is 0. The van der Waals surface area contributed by atoms with E-state index in [2.05, 4.69) is 6.07 Å². The molecule has 0 amide bonds. The molecule has 0 fully saturated rings. The Kier molecular flexibility index (Phi) is 4.09. The molecule has 0 saturated carbocycles. The zero-order valence-electron chi connectivity index (χ0n) is 11.7. The van der Waals surface area contributed by atoms with Crippen molar-refractivity contribution < 1.29 is 4.42 Å². The second kappa shape index (κ2) is 6.34. The molecular formula is C19H12ClNO. The number of hydrogen-bond acceptors (Lipinski definition) is 2. The van der Waals surface area contributed by atoms with E-state index in [9.17, 15) is 5.26 Å². The highest BCUT2D eigenvalue weighted by molar-refractivity contribution is 6.30. The Labute approximate surface area is 133 Å². The van der Waals surface area contributed by atoms with Crippen LogP contribution in [-0.2, 0) is 0 Å². The molecule has 0 unspecified atom stereocenters. The summed E-state index contributed by atoms with van der Waals surface area (Å²) in [5.41, 5.74) is 2.38. The minimum absolute atomic E-state index is 0.567. The highest BCUT2D eigenvalue weighted by atomic mass is 35.5. The Morgan fingerprint density at radius 2 is 1.68 bits per heavy atom. The summed E-state index contributed by atoms with van der Waals surface area (Å²) in [7, 11) is 0. The van der Waals surface area contributed by atoms with Gasteiger partial charge in [0.25, 0.3) is 0 Å². The molecule has 3 aromatic rings. The van der Waals surface area contributed by atoms with E-state index in [1.54, 1.807) is 6.08 Å². The van der Waals surface area contributed by atoms with Gasteiger partial charge in [-0.15, -0.1) is 0 Å². The van der Waals surface area contributed by atoms with Crippen molar-refractivity contribution in [1.29, 1.82) is 5.26 Å². The molecule has 0 saturated heterocycles. The average molecular weight is 306 g/mol. The molecule has 106 valence electrons.